The largest absolute Gasteiger partial charge is 0.772 e. The Kier molecular flexibility index (Phi) is 5.06. The average molecular weight is 354 g/mol. The van der Waals surface area contributed by atoms with Gasteiger partial charge in [0.15, 0.2) is 0 Å². The van der Waals surface area contributed by atoms with Gasteiger partial charge in [0.05, 0.1) is 0 Å². The molecule has 25 heavy (non-hydrogen) atoms. The van der Waals surface area contributed by atoms with Crippen LogP contribution in [0.2, 0.25) is 0 Å². The van der Waals surface area contributed by atoms with Gasteiger partial charge < -0.3 is 4.55 Å². The fourth-order valence-electron chi connectivity index (χ4n) is 2.97. The van der Waals surface area contributed by atoms with E-state index in [1.54, 1.807) is 18.5 Å². The van der Waals surface area contributed by atoms with Crippen molar-refractivity contribution in [3.05, 3.63) is 77.4 Å². The molecule has 0 aliphatic carbocycles. The number of hydrogen-bond donors (Lipinski definition) is 0. The van der Waals surface area contributed by atoms with Gasteiger partial charge in [0.1, 0.15) is 5.82 Å². The highest BCUT2D eigenvalue weighted by Gasteiger charge is 2.11. The van der Waals surface area contributed by atoms with E-state index in [0.29, 0.717) is 5.56 Å². The molecule has 0 bridgehead atoms. The van der Waals surface area contributed by atoms with Crippen LogP contribution in [0.4, 0.5) is 4.39 Å². The summed E-state index contributed by atoms with van der Waals surface area (Å²) in [5.74, 6) is -0.861. The third kappa shape index (κ3) is 4.00. The summed E-state index contributed by atoms with van der Waals surface area (Å²) < 4.78 is 35.9. The number of nitrogens with zero attached hydrogens (tertiary/aromatic N) is 1. The van der Waals surface area contributed by atoms with Crippen molar-refractivity contribution >= 4 is 11.1 Å². The van der Waals surface area contributed by atoms with E-state index in [0.717, 1.165) is 27.8 Å². The molecule has 0 saturated heterocycles. The smallest absolute Gasteiger partial charge is 0.127 e. The topological polar surface area (TPSA) is 53.0 Å². The van der Waals surface area contributed by atoms with Crippen molar-refractivity contribution in [2.24, 2.45) is 0 Å². The zero-order chi connectivity index (χ0) is 18.0. The summed E-state index contributed by atoms with van der Waals surface area (Å²) in [4.78, 5) is 4.17. The van der Waals surface area contributed by atoms with Crippen molar-refractivity contribution in [2.75, 3.05) is 0 Å². The molecule has 0 aliphatic rings. The van der Waals surface area contributed by atoms with Crippen LogP contribution in [-0.2, 0) is 16.8 Å². The van der Waals surface area contributed by atoms with Gasteiger partial charge in [-0.05, 0) is 48.2 Å². The van der Waals surface area contributed by atoms with Gasteiger partial charge >= 0.3 is 0 Å². The van der Waals surface area contributed by atoms with Gasteiger partial charge in [0.25, 0.3) is 0 Å². The Morgan fingerprint density at radius 1 is 1.00 bits per heavy atom. The minimum absolute atomic E-state index is 0.161. The van der Waals surface area contributed by atoms with Crippen LogP contribution in [0, 0.1) is 19.7 Å². The predicted octanol–water partition coefficient (Wildman–Crippen LogP) is 4.55. The van der Waals surface area contributed by atoms with Gasteiger partial charge in [-0.2, -0.15) is 0 Å². The number of rotatable bonds is 4. The molecular weight excluding hydrogens is 337 g/mol. The van der Waals surface area contributed by atoms with E-state index < -0.39 is 16.9 Å². The number of benzene rings is 2. The molecule has 128 valence electrons. The first kappa shape index (κ1) is 17.5. The van der Waals surface area contributed by atoms with E-state index in [1.165, 1.54) is 12.1 Å². The lowest BCUT2D eigenvalue weighted by Gasteiger charge is -2.13. The second-order valence-corrected chi connectivity index (χ2v) is 6.95. The number of aryl methyl sites for hydroxylation is 2. The zero-order valence-electron chi connectivity index (χ0n) is 14.0. The fourth-order valence-corrected chi connectivity index (χ4v) is 3.45. The molecule has 3 nitrogen and oxygen atoms in total. The van der Waals surface area contributed by atoms with Gasteiger partial charge in [-0.3, -0.25) is 9.19 Å². The van der Waals surface area contributed by atoms with Crippen LogP contribution in [0.1, 0.15) is 16.7 Å². The maximum atomic E-state index is 14.3. The Morgan fingerprint density at radius 3 is 2.36 bits per heavy atom. The fraction of sp³-hybridized carbons (Fsp3) is 0.150. The molecule has 0 spiro atoms. The molecular formula is C20H17FNO2S-. The summed E-state index contributed by atoms with van der Waals surface area (Å²) in [6.45, 7) is 4.07. The van der Waals surface area contributed by atoms with Crippen LogP contribution in [0.15, 0.2) is 54.9 Å². The lowest BCUT2D eigenvalue weighted by molar-refractivity contribution is 0.533. The Bertz CT molecular complexity index is 936. The van der Waals surface area contributed by atoms with Crippen molar-refractivity contribution in [1.82, 2.24) is 4.98 Å². The molecule has 0 N–H and O–H groups in total. The highest BCUT2D eigenvalue weighted by Crippen LogP contribution is 2.33. The molecule has 0 saturated carbocycles. The molecule has 1 aromatic heterocycles. The first-order valence-electron chi connectivity index (χ1n) is 7.81. The summed E-state index contributed by atoms with van der Waals surface area (Å²) in [6.07, 6.45) is 3.41. The molecule has 3 rings (SSSR count). The third-order valence-corrected chi connectivity index (χ3v) is 4.54. The second-order valence-electron chi connectivity index (χ2n) is 6.05. The van der Waals surface area contributed by atoms with Crippen molar-refractivity contribution in [2.45, 2.75) is 19.6 Å². The number of aromatic nitrogens is 1. The standard InChI is InChI=1S/C20H18FNO2S/c1-13-7-14(2)9-17(8-13)18-5-6-22-11-19(18)15-3-4-16(12-25(23)24)20(21)10-15/h3-11H,12H2,1-2H3,(H,23,24)/p-1. The van der Waals surface area contributed by atoms with Gasteiger partial charge in [-0.1, -0.05) is 52.5 Å². The summed E-state index contributed by atoms with van der Waals surface area (Å²) in [5, 5.41) is 0. The zero-order valence-corrected chi connectivity index (χ0v) is 14.8. The Labute approximate surface area is 148 Å². The first-order chi connectivity index (χ1) is 11.9. The Hall–Kier alpha value is -2.37. The van der Waals surface area contributed by atoms with Gasteiger partial charge in [-0.25, -0.2) is 4.39 Å². The summed E-state index contributed by atoms with van der Waals surface area (Å²) in [7, 11) is 0. The van der Waals surface area contributed by atoms with Crippen LogP contribution in [-0.4, -0.2) is 13.7 Å². The SMILES string of the molecule is Cc1cc(C)cc(-c2ccncc2-c2ccc(CS(=O)[O-])c(F)c2)c1. The predicted molar refractivity (Wildman–Crippen MR) is 97.2 cm³/mol. The minimum atomic E-state index is -2.32. The Morgan fingerprint density at radius 2 is 1.72 bits per heavy atom. The number of halogens is 1. The van der Waals surface area contributed by atoms with E-state index in [2.05, 4.69) is 23.2 Å². The monoisotopic (exact) mass is 354 g/mol. The van der Waals surface area contributed by atoms with Crippen molar-refractivity contribution in [3.63, 3.8) is 0 Å². The van der Waals surface area contributed by atoms with E-state index in [9.17, 15) is 13.2 Å². The highest BCUT2D eigenvalue weighted by atomic mass is 32.2. The molecule has 0 radical (unpaired) electrons. The average Bonchev–Trinajstić information content (AvgIpc) is 2.55. The van der Waals surface area contributed by atoms with Gasteiger partial charge in [0, 0.05) is 23.7 Å². The van der Waals surface area contributed by atoms with Gasteiger partial charge in [-0.15, -0.1) is 0 Å². The first-order valence-corrected chi connectivity index (χ1v) is 9.06. The maximum Gasteiger partial charge on any atom is 0.127 e. The second kappa shape index (κ2) is 7.25. The molecule has 0 aliphatic heterocycles. The van der Waals surface area contributed by atoms with Crippen LogP contribution in [0.25, 0.3) is 22.3 Å². The summed E-state index contributed by atoms with van der Waals surface area (Å²) in [6, 6.07) is 12.8. The number of hydrogen-bond acceptors (Lipinski definition) is 3. The lowest BCUT2D eigenvalue weighted by Crippen LogP contribution is -1.97. The summed E-state index contributed by atoms with van der Waals surface area (Å²) in [5.41, 5.74) is 5.94. The summed E-state index contributed by atoms with van der Waals surface area (Å²) >= 11 is -2.32. The molecule has 1 unspecified atom stereocenters. The Balaban J connectivity index is 2.10. The number of pyridine rings is 1. The molecule has 1 atom stereocenters. The minimum Gasteiger partial charge on any atom is -0.772 e. The molecule has 0 amide bonds. The van der Waals surface area contributed by atoms with Crippen LogP contribution in [0.5, 0.6) is 0 Å². The quantitative estimate of drug-likeness (QED) is 0.646. The molecule has 5 heteroatoms. The lowest BCUT2D eigenvalue weighted by atomic mass is 9.94. The van der Waals surface area contributed by atoms with Crippen LogP contribution >= 0.6 is 0 Å². The van der Waals surface area contributed by atoms with Crippen LogP contribution in [0.3, 0.4) is 0 Å². The highest BCUT2D eigenvalue weighted by molar-refractivity contribution is 7.78. The van der Waals surface area contributed by atoms with Gasteiger partial charge in [0.2, 0.25) is 0 Å². The van der Waals surface area contributed by atoms with E-state index in [-0.39, 0.29) is 11.3 Å². The molecule has 2 aromatic carbocycles. The van der Waals surface area contributed by atoms with Crippen molar-refractivity contribution in [1.29, 1.82) is 0 Å². The van der Waals surface area contributed by atoms with Crippen LogP contribution < -0.4 is 0 Å². The molecule has 0 fully saturated rings. The van der Waals surface area contributed by atoms with E-state index in [1.807, 2.05) is 19.9 Å². The third-order valence-electron chi connectivity index (χ3n) is 3.99. The van der Waals surface area contributed by atoms with E-state index in [4.69, 9.17) is 0 Å². The maximum absolute atomic E-state index is 14.3. The molecule has 3 aromatic rings. The van der Waals surface area contributed by atoms with E-state index >= 15 is 0 Å². The van der Waals surface area contributed by atoms with Crippen molar-refractivity contribution in [3.8, 4) is 22.3 Å². The molecule has 1 heterocycles. The normalized spacial score (nSPS) is 12.2. The van der Waals surface area contributed by atoms with Crippen molar-refractivity contribution < 1.29 is 13.2 Å².